The molecule has 0 saturated heterocycles. The van der Waals surface area contributed by atoms with E-state index in [9.17, 15) is 9.59 Å². The Kier molecular flexibility index (Phi) is 5.74. The molecule has 4 rings (SSSR count). The standard InChI is InChI=1S/C22H17ClN4O2S/c1-14-2-6-16(7-3-14)18-12-30-21-20(18)22(29)27(13-24-21)11-19(28)26-25-10-15-4-8-17(23)9-5-15/h2-10,12-13H,11H2,1H3,(H,26,28). The van der Waals surface area contributed by atoms with Gasteiger partial charge in [-0.25, -0.2) is 10.4 Å². The molecular weight excluding hydrogens is 420 g/mol. The summed E-state index contributed by atoms with van der Waals surface area (Å²) < 4.78 is 1.29. The molecule has 0 aliphatic carbocycles. The van der Waals surface area contributed by atoms with Gasteiger partial charge in [0.2, 0.25) is 0 Å². The first kappa shape index (κ1) is 20.0. The minimum Gasteiger partial charge on any atom is -0.289 e. The maximum Gasteiger partial charge on any atom is 0.263 e. The third kappa shape index (κ3) is 4.32. The maximum absolute atomic E-state index is 13.0. The van der Waals surface area contributed by atoms with E-state index >= 15 is 0 Å². The van der Waals surface area contributed by atoms with Crippen molar-refractivity contribution in [3.05, 3.63) is 86.7 Å². The zero-order valence-corrected chi connectivity index (χ0v) is 17.6. The Labute approximate surface area is 181 Å². The number of carbonyl (C=O) groups is 1. The largest absolute Gasteiger partial charge is 0.289 e. The fourth-order valence-corrected chi connectivity index (χ4v) is 3.98. The van der Waals surface area contributed by atoms with Gasteiger partial charge in [0, 0.05) is 16.0 Å². The van der Waals surface area contributed by atoms with E-state index in [1.54, 1.807) is 24.3 Å². The Balaban J connectivity index is 1.54. The number of hydrogen-bond donors (Lipinski definition) is 1. The summed E-state index contributed by atoms with van der Waals surface area (Å²) in [4.78, 5) is 30.2. The van der Waals surface area contributed by atoms with Gasteiger partial charge in [0.05, 0.1) is 17.9 Å². The van der Waals surface area contributed by atoms with Crippen LogP contribution in [0.15, 0.2) is 70.1 Å². The Morgan fingerprint density at radius 2 is 1.93 bits per heavy atom. The van der Waals surface area contributed by atoms with Crippen LogP contribution in [0.25, 0.3) is 21.3 Å². The fraction of sp³-hybridized carbons (Fsp3) is 0.0909. The Hall–Kier alpha value is -3.29. The molecule has 150 valence electrons. The van der Waals surface area contributed by atoms with Crippen LogP contribution in [-0.4, -0.2) is 21.7 Å². The predicted molar refractivity (Wildman–Crippen MR) is 121 cm³/mol. The summed E-state index contributed by atoms with van der Waals surface area (Å²) in [5.41, 5.74) is 5.88. The zero-order chi connectivity index (χ0) is 21.1. The van der Waals surface area contributed by atoms with Crippen LogP contribution in [0, 0.1) is 6.92 Å². The van der Waals surface area contributed by atoms with Crippen LogP contribution in [0.3, 0.4) is 0 Å². The molecule has 4 aromatic rings. The minimum atomic E-state index is -0.421. The third-order valence-corrected chi connectivity index (χ3v) is 5.65. The lowest BCUT2D eigenvalue weighted by Gasteiger charge is -2.05. The predicted octanol–water partition coefficient (Wildman–Crippen LogP) is 4.24. The van der Waals surface area contributed by atoms with Gasteiger partial charge in [0.1, 0.15) is 11.4 Å². The highest BCUT2D eigenvalue weighted by Gasteiger charge is 2.14. The molecule has 30 heavy (non-hydrogen) atoms. The van der Waals surface area contributed by atoms with Crippen molar-refractivity contribution in [3.63, 3.8) is 0 Å². The molecule has 0 aliphatic heterocycles. The van der Waals surface area contributed by atoms with E-state index in [2.05, 4.69) is 15.5 Å². The molecule has 2 heterocycles. The normalized spacial score (nSPS) is 11.3. The van der Waals surface area contributed by atoms with Gasteiger partial charge in [0.15, 0.2) is 0 Å². The molecule has 0 spiro atoms. The second-order valence-electron chi connectivity index (χ2n) is 6.72. The van der Waals surface area contributed by atoms with Crippen molar-refractivity contribution < 1.29 is 4.79 Å². The SMILES string of the molecule is Cc1ccc(-c2csc3ncn(CC(=O)NN=Cc4ccc(Cl)cc4)c(=O)c23)cc1. The second kappa shape index (κ2) is 8.61. The summed E-state index contributed by atoms with van der Waals surface area (Å²) in [6.45, 7) is 1.83. The number of nitrogens with one attached hydrogen (secondary N) is 1. The number of carbonyl (C=O) groups excluding carboxylic acids is 1. The van der Waals surface area contributed by atoms with E-state index in [0.717, 1.165) is 22.3 Å². The van der Waals surface area contributed by atoms with Gasteiger partial charge >= 0.3 is 0 Å². The summed E-state index contributed by atoms with van der Waals surface area (Å²) in [6.07, 6.45) is 2.90. The molecule has 6 nitrogen and oxygen atoms in total. The van der Waals surface area contributed by atoms with Crippen molar-refractivity contribution >= 4 is 45.3 Å². The first-order valence-corrected chi connectivity index (χ1v) is 10.4. The number of rotatable bonds is 5. The number of nitrogens with zero attached hydrogens (tertiary/aromatic N) is 3. The lowest BCUT2D eigenvalue weighted by molar-refractivity contribution is -0.121. The van der Waals surface area contributed by atoms with Crippen LogP contribution < -0.4 is 11.0 Å². The molecule has 1 amide bonds. The quantitative estimate of drug-likeness (QED) is 0.375. The zero-order valence-electron chi connectivity index (χ0n) is 16.0. The van der Waals surface area contributed by atoms with Crippen LogP contribution in [-0.2, 0) is 11.3 Å². The summed E-state index contributed by atoms with van der Waals surface area (Å²) in [7, 11) is 0. The first-order valence-electron chi connectivity index (χ1n) is 9.12. The van der Waals surface area contributed by atoms with Crippen molar-refractivity contribution in [1.82, 2.24) is 15.0 Å². The van der Waals surface area contributed by atoms with Crippen molar-refractivity contribution in [2.75, 3.05) is 0 Å². The monoisotopic (exact) mass is 436 g/mol. The first-order chi connectivity index (χ1) is 14.5. The number of amides is 1. The van der Waals surface area contributed by atoms with Crippen molar-refractivity contribution in [2.24, 2.45) is 5.10 Å². The molecule has 2 aromatic carbocycles. The molecule has 0 fully saturated rings. The second-order valence-corrected chi connectivity index (χ2v) is 8.01. The van der Waals surface area contributed by atoms with E-state index in [-0.39, 0.29) is 12.1 Å². The maximum atomic E-state index is 13.0. The average Bonchev–Trinajstić information content (AvgIpc) is 3.17. The Bertz CT molecular complexity index is 1290. The smallest absolute Gasteiger partial charge is 0.263 e. The molecule has 0 unspecified atom stereocenters. The molecule has 0 aliphatic rings. The highest BCUT2D eigenvalue weighted by atomic mass is 35.5. The topological polar surface area (TPSA) is 76.3 Å². The molecule has 0 bridgehead atoms. The summed E-state index contributed by atoms with van der Waals surface area (Å²) in [5, 5.41) is 6.98. The van der Waals surface area contributed by atoms with Crippen LogP contribution in [0.5, 0.6) is 0 Å². The van der Waals surface area contributed by atoms with Crippen molar-refractivity contribution in [1.29, 1.82) is 0 Å². The summed E-state index contributed by atoms with van der Waals surface area (Å²) in [5.74, 6) is -0.421. The molecule has 0 radical (unpaired) electrons. The minimum absolute atomic E-state index is 0.178. The summed E-state index contributed by atoms with van der Waals surface area (Å²) in [6, 6.07) is 15.0. The number of aryl methyl sites for hydroxylation is 1. The van der Waals surface area contributed by atoms with E-state index in [1.165, 1.54) is 28.4 Å². The van der Waals surface area contributed by atoms with Crippen molar-refractivity contribution in [3.8, 4) is 11.1 Å². The van der Waals surface area contributed by atoms with E-state index in [4.69, 9.17) is 11.6 Å². The molecule has 0 atom stereocenters. The molecule has 8 heteroatoms. The average molecular weight is 437 g/mol. The number of halogens is 1. The highest BCUT2D eigenvalue weighted by Crippen LogP contribution is 2.30. The summed E-state index contributed by atoms with van der Waals surface area (Å²) >= 11 is 7.25. The van der Waals surface area contributed by atoms with Gasteiger partial charge in [-0.15, -0.1) is 11.3 Å². The molecule has 1 N–H and O–H groups in total. The molecule has 0 saturated carbocycles. The Morgan fingerprint density at radius 1 is 1.20 bits per heavy atom. The van der Waals surface area contributed by atoms with Crippen LogP contribution in [0.1, 0.15) is 11.1 Å². The number of hydrazone groups is 1. The van der Waals surface area contributed by atoms with E-state index in [1.807, 2.05) is 36.6 Å². The van der Waals surface area contributed by atoms with E-state index in [0.29, 0.717) is 15.2 Å². The fourth-order valence-electron chi connectivity index (χ4n) is 2.94. The van der Waals surface area contributed by atoms with E-state index < -0.39 is 5.91 Å². The van der Waals surface area contributed by atoms with Gasteiger partial charge < -0.3 is 0 Å². The van der Waals surface area contributed by atoms with Gasteiger partial charge in [-0.2, -0.15) is 5.10 Å². The third-order valence-electron chi connectivity index (χ3n) is 4.51. The number of fused-ring (bicyclic) bond motifs is 1. The highest BCUT2D eigenvalue weighted by molar-refractivity contribution is 7.17. The van der Waals surface area contributed by atoms with Crippen molar-refractivity contribution in [2.45, 2.75) is 13.5 Å². The van der Waals surface area contributed by atoms with Gasteiger partial charge in [-0.1, -0.05) is 53.6 Å². The Morgan fingerprint density at radius 3 is 2.67 bits per heavy atom. The number of aromatic nitrogens is 2. The number of hydrogen-bond acceptors (Lipinski definition) is 5. The lowest BCUT2D eigenvalue weighted by Crippen LogP contribution is -2.30. The van der Waals surface area contributed by atoms with Crippen LogP contribution in [0.4, 0.5) is 0 Å². The number of thiophene rings is 1. The van der Waals surface area contributed by atoms with Gasteiger partial charge in [0.25, 0.3) is 11.5 Å². The van der Waals surface area contributed by atoms with Crippen LogP contribution >= 0.6 is 22.9 Å². The van der Waals surface area contributed by atoms with Gasteiger partial charge in [-0.3, -0.25) is 14.2 Å². The molecule has 2 aromatic heterocycles. The van der Waals surface area contributed by atoms with Crippen LogP contribution in [0.2, 0.25) is 5.02 Å². The molecular formula is C22H17ClN4O2S. The number of benzene rings is 2. The lowest BCUT2D eigenvalue weighted by atomic mass is 10.1. The van der Waals surface area contributed by atoms with Gasteiger partial charge in [-0.05, 0) is 30.2 Å².